The molecule has 1 amide bonds. The summed E-state index contributed by atoms with van der Waals surface area (Å²) in [5.74, 6) is 0.178. The molecule has 0 aromatic heterocycles. The Hall–Kier alpha value is -3.63. The number of benzene rings is 2. The number of hydrogen-bond acceptors (Lipinski definition) is 7. The van der Waals surface area contributed by atoms with Crippen LogP contribution in [0.1, 0.15) is 11.1 Å². The second-order valence-electron chi connectivity index (χ2n) is 5.98. The molecule has 1 saturated heterocycles. The van der Waals surface area contributed by atoms with Gasteiger partial charge in [-0.15, -0.1) is 0 Å². The number of nitrogens with one attached hydrogen (secondary N) is 4. The molecule has 0 spiro atoms. The molecule has 1 aliphatic heterocycles. The maximum Gasteiger partial charge on any atom is 0.414 e. The van der Waals surface area contributed by atoms with Gasteiger partial charge in [-0.1, -0.05) is 12.1 Å². The van der Waals surface area contributed by atoms with Crippen LogP contribution in [-0.4, -0.2) is 47.4 Å². The van der Waals surface area contributed by atoms with Crippen LogP contribution in [-0.2, 0) is 4.74 Å². The number of ether oxygens (including phenoxy) is 2. The Kier molecular flexibility index (Phi) is 5.72. The molecule has 1 unspecified atom stereocenters. The molecule has 2 aromatic rings. The molecule has 0 saturated carbocycles. The molecule has 0 aliphatic carbocycles. The van der Waals surface area contributed by atoms with Gasteiger partial charge in [0.2, 0.25) is 0 Å². The Balaban J connectivity index is 1.60. The van der Waals surface area contributed by atoms with E-state index in [9.17, 15) is 4.79 Å². The van der Waals surface area contributed by atoms with Crippen molar-refractivity contribution < 1.29 is 24.7 Å². The van der Waals surface area contributed by atoms with Gasteiger partial charge in [0, 0.05) is 16.8 Å². The molecule has 146 valence electrons. The molecule has 2 aromatic carbocycles. The normalized spacial score (nSPS) is 15.7. The highest BCUT2D eigenvalue weighted by Gasteiger charge is 2.32. The second kappa shape index (κ2) is 8.37. The number of carbonyl (C=O) groups excluding carboxylic acids is 1. The van der Waals surface area contributed by atoms with Crippen molar-refractivity contribution in [2.24, 2.45) is 0 Å². The van der Waals surface area contributed by atoms with E-state index in [0.717, 1.165) is 0 Å². The van der Waals surface area contributed by atoms with Crippen molar-refractivity contribution in [1.82, 2.24) is 11.0 Å². The minimum Gasteiger partial charge on any atom is -0.490 e. The zero-order valence-electron chi connectivity index (χ0n) is 14.7. The van der Waals surface area contributed by atoms with Crippen molar-refractivity contribution >= 4 is 23.5 Å². The molecule has 1 heterocycles. The first-order valence-corrected chi connectivity index (χ1v) is 8.31. The Bertz CT molecular complexity index is 886. The third-order valence-electron chi connectivity index (χ3n) is 4.12. The van der Waals surface area contributed by atoms with E-state index < -0.39 is 12.2 Å². The average Bonchev–Trinajstić information content (AvgIpc) is 3.12. The number of rotatable bonds is 6. The van der Waals surface area contributed by atoms with Crippen molar-refractivity contribution in [3.8, 4) is 5.75 Å². The number of amides is 1. The van der Waals surface area contributed by atoms with E-state index in [1.54, 1.807) is 59.5 Å². The van der Waals surface area contributed by atoms with Gasteiger partial charge in [0.1, 0.15) is 24.0 Å². The van der Waals surface area contributed by atoms with Gasteiger partial charge < -0.3 is 9.47 Å². The second-order valence-corrected chi connectivity index (χ2v) is 5.98. The topological polar surface area (TPSA) is 151 Å². The molecule has 3 rings (SSSR count). The maximum atomic E-state index is 12.1. The summed E-state index contributed by atoms with van der Waals surface area (Å²) in [7, 11) is 0. The minimum atomic E-state index is -0.503. The van der Waals surface area contributed by atoms with E-state index in [2.05, 4.69) is 0 Å². The Morgan fingerprint density at radius 3 is 2.46 bits per heavy atom. The average molecular weight is 385 g/mol. The van der Waals surface area contributed by atoms with E-state index in [-0.39, 0.29) is 18.3 Å². The van der Waals surface area contributed by atoms with Gasteiger partial charge in [0.05, 0.1) is 6.54 Å². The number of amidine groups is 2. The smallest absolute Gasteiger partial charge is 0.414 e. The van der Waals surface area contributed by atoms with E-state index in [0.29, 0.717) is 29.1 Å². The maximum absolute atomic E-state index is 12.1. The fourth-order valence-electron chi connectivity index (χ4n) is 2.69. The van der Waals surface area contributed by atoms with Crippen molar-refractivity contribution in [1.29, 1.82) is 10.8 Å². The number of nitrogens with zero attached hydrogens (tertiary/aromatic N) is 1. The molecule has 10 heteroatoms. The molecule has 1 atom stereocenters. The van der Waals surface area contributed by atoms with Gasteiger partial charge in [0.15, 0.2) is 6.10 Å². The van der Waals surface area contributed by atoms with Gasteiger partial charge in [-0.05, 0) is 36.4 Å². The SMILES string of the molecule is N=C(NO)c1ccc(N2CC(COc3cccc(C(=N)NO)c3)OC2=O)cc1. The van der Waals surface area contributed by atoms with Crippen LogP contribution in [0.2, 0.25) is 0 Å². The van der Waals surface area contributed by atoms with Gasteiger partial charge in [-0.3, -0.25) is 37.1 Å². The summed E-state index contributed by atoms with van der Waals surface area (Å²) in [6.07, 6.45) is -0.986. The highest BCUT2D eigenvalue weighted by atomic mass is 16.6. The van der Waals surface area contributed by atoms with Crippen LogP contribution in [0.5, 0.6) is 5.75 Å². The van der Waals surface area contributed by atoms with Crippen LogP contribution < -0.4 is 20.6 Å². The Morgan fingerprint density at radius 2 is 1.79 bits per heavy atom. The lowest BCUT2D eigenvalue weighted by Gasteiger charge is -2.14. The zero-order valence-corrected chi connectivity index (χ0v) is 14.7. The highest BCUT2D eigenvalue weighted by molar-refractivity contribution is 5.97. The van der Waals surface area contributed by atoms with Gasteiger partial charge in [-0.25, -0.2) is 4.79 Å². The molecule has 6 N–H and O–H groups in total. The summed E-state index contributed by atoms with van der Waals surface area (Å²) in [6, 6.07) is 13.1. The Morgan fingerprint density at radius 1 is 1.11 bits per heavy atom. The number of hydrogen-bond donors (Lipinski definition) is 6. The molecule has 0 radical (unpaired) electrons. The first-order valence-electron chi connectivity index (χ1n) is 8.31. The summed E-state index contributed by atoms with van der Waals surface area (Å²) in [5, 5.41) is 32.6. The largest absolute Gasteiger partial charge is 0.490 e. The quantitative estimate of drug-likeness (QED) is 0.251. The first kappa shape index (κ1) is 19.1. The van der Waals surface area contributed by atoms with Crippen LogP contribution >= 0.6 is 0 Å². The summed E-state index contributed by atoms with van der Waals surface area (Å²) >= 11 is 0. The first-order chi connectivity index (χ1) is 13.5. The fraction of sp³-hybridized carbons (Fsp3) is 0.167. The third-order valence-corrected chi connectivity index (χ3v) is 4.12. The highest BCUT2D eigenvalue weighted by Crippen LogP contribution is 2.23. The van der Waals surface area contributed by atoms with E-state index >= 15 is 0 Å². The monoisotopic (exact) mass is 385 g/mol. The molecular weight excluding hydrogens is 366 g/mol. The minimum absolute atomic E-state index is 0.128. The molecular formula is C18H19N5O5. The predicted octanol–water partition coefficient (Wildman–Crippen LogP) is 1.70. The van der Waals surface area contributed by atoms with Crippen molar-refractivity contribution in [2.75, 3.05) is 18.1 Å². The lowest BCUT2D eigenvalue weighted by Crippen LogP contribution is -2.26. The number of cyclic esters (lactones) is 1. The summed E-state index contributed by atoms with van der Waals surface area (Å²) < 4.78 is 11.0. The lowest BCUT2D eigenvalue weighted by molar-refractivity contribution is 0.105. The third kappa shape index (κ3) is 4.19. The van der Waals surface area contributed by atoms with Gasteiger partial charge in [0.25, 0.3) is 0 Å². The number of carbonyl (C=O) groups is 1. The van der Waals surface area contributed by atoms with E-state index in [1.807, 2.05) is 0 Å². The van der Waals surface area contributed by atoms with Gasteiger partial charge in [-0.2, -0.15) is 0 Å². The van der Waals surface area contributed by atoms with Crippen molar-refractivity contribution in [3.63, 3.8) is 0 Å². The van der Waals surface area contributed by atoms with E-state index in [1.165, 1.54) is 4.90 Å². The van der Waals surface area contributed by atoms with Crippen LogP contribution in [0.15, 0.2) is 48.5 Å². The summed E-state index contributed by atoms with van der Waals surface area (Å²) in [5.41, 5.74) is 5.06. The van der Waals surface area contributed by atoms with Crippen molar-refractivity contribution in [2.45, 2.75) is 6.10 Å². The molecule has 10 nitrogen and oxygen atoms in total. The molecule has 1 fully saturated rings. The van der Waals surface area contributed by atoms with Gasteiger partial charge >= 0.3 is 6.09 Å². The lowest BCUT2D eigenvalue weighted by atomic mass is 10.2. The number of anilines is 1. The van der Waals surface area contributed by atoms with Crippen molar-refractivity contribution in [3.05, 3.63) is 59.7 Å². The summed E-state index contributed by atoms with van der Waals surface area (Å²) in [6.45, 7) is 0.421. The zero-order chi connectivity index (χ0) is 20.1. The van der Waals surface area contributed by atoms with Crippen LogP contribution in [0, 0.1) is 10.8 Å². The standard InChI is InChI=1S/C18H19N5O5/c19-16(21-25)11-4-6-13(7-5-11)23-9-15(28-18(23)24)10-27-14-3-1-2-12(8-14)17(20)22-26/h1-8,15,25-26H,9-10H2,(H2,19,21)(H2,20,22). The predicted molar refractivity (Wildman–Crippen MR) is 99.5 cm³/mol. The molecule has 0 bridgehead atoms. The molecule has 28 heavy (non-hydrogen) atoms. The Labute approximate surface area is 160 Å². The molecule has 1 aliphatic rings. The van der Waals surface area contributed by atoms with Crippen LogP contribution in [0.25, 0.3) is 0 Å². The van der Waals surface area contributed by atoms with Crippen LogP contribution in [0.3, 0.4) is 0 Å². The fourth-order valence-corrected chi connectivity index (χ4v) is 2.69. The summed E-state index contributed by atoms with van der Waals surface area (Å²) in [4.78, 5) is 13.6. The van der Waals surface area contributed by atoms with E-state index in [4.69, 9.17) is 30.7 Å². The van der Waals surface area contributed by atoms with Crippen LogP contribution in [0.4, 0.5) is 10.5 Å². The number of hydroxylamine groups is 2.